The predicted molar refractivity (Wildman–Crippen MR) is 176 cm³/mol. The summed E-state index contributed by atoms with van der Waals surface area (Å²) in [7, 11) is 0. The van der Waals surface area contributed by atoms with Crippen molar-refractivity contribution in [2.24, 2.45) is 5.73 Å². The van der Waals surface area contributed by atoms with E-state index >= 15 is 0 Å². The number of halogens is 10. The van der Waals surface area contributed by atoms with E-state index < -0.39 is 120 Å². The molecule has 6 rings (SSSR count). The predicted octanol–water partition coefficient (Wildman–Crippen LogP) is 7.16. The minimum absolute atomic E-state index is 0.0139. The van der Waals surface area contributed by atoms with E-state index in [1.165, 1.54) is 18.2 Å². The number of hydrogen-bond donors (Lipinski definition) is 3. The molecule has 2 aromatic carbocycles. The number of nitrogens with two attached hydrogens (primary N) is 1. The molecule has 1 atom stereocenters. The number of carbonyl (C=O) groups is 2. The molecule has 2 aliphatic rings. The van der Waals surface area contributed by atoms with Crippen molar-refractivity contribution >= 4 is 11.8 Å². The quantitative estimate of drug-likeness (QED) is 0.129. The third-order valence-corrected chi connectivity index (χ3v) is 8.67. The molecule has 2 heterocycles. The number of rotatable bonds is 8. The molecule has 0 spiro atoms. The molecule has 0 bridgehead atoms. The second-order valence-electron chi connectivity index (χ2n) is 12.8. The Kier molecular flexibility index (Phi) is 11.1. The summed E-state index contributed by atoms with van der Waals surface area (Å²) in [5.74, 6) is -7.64. The number of benzene rings is 2. The summed E-state index contributed by atoms with van der Waals surface area (Å²) in [5.41, 5.74) is -1.29. The van der Waals surface area contributed by atoms with Crippen LogP contribution in [0.15, 0.2) is 48.5 Å². The van der Waals surface area contributed by atoms with Gasteiger partial charge in [-0.3, -0.25) is 14.3 Å². The van der Waals surface area contributed by atoms with Crippen LogP contribution in [0.25, 0.3) is 11.1 Å². The number of fused-ring (bicyclic) bond motifs is 1. The van der Waals surface area contributed by atoms with Gasteiger partial charge in [0.05, 0.1) is 30.1 Å². The van der Waals surface area contributed by atoms with Crippen LogP contribution in [0.2, 0.25) is 0 Å². The van der Waals surface area contributed by atoms with E-state index in [1.54, 1.807) is 0 Å². The van der Waals surface area contributed by atoms with Crippen molar-refractivity contribution in [2.45, 2.75) is 82.2 Å². The second-order valence-corrected chi connectivity index (χ2v) is 12.8. The summed E-state index contributed by atoms with van der Waals surface area (Å²) in [6.45, 7) is 2.82. The molecule has 4 aromatic rings. The summed E-state index contributed by atoms with van der Waals surface area (Å²) >= 11 is 0. The number of primary amides is 1. The summed E-state index contributed by atoms with van der Waals surface area (Å²) in [6.07, 6.45) is -9.21. The zero-order valence-corrected chi connectivity index (χ0v) is 28.9. The van der Waals surface area contributed by atoms with Gasteiger partial charge in [-0.25, -0.2) is 26.9 Å². The van der Waals surface area contributed by atoms with E-state index in [4.69, 9.17) is 5.73 Å². The molecule has 2 amide bonds. The molecule has 0 unspecified atom stereocenters. The molecular weight excluding hydrogens is 752 g/mol. The van der Waals surface area contributed by atoms with Crippen molar-refractivity contribution in [1.82, 2.24) is 20.1 Å². The molecule has 2 aromatic heterocycles. The van der Waals surface area contributed by atoms with Gasteiger partial charge in [-0.1, -0.05) is 25.8 Å². The van der Waals surface area contributed by atoms with Crippen LogP contribution in [0, 0.1) is 29.3 Å². The third-order valence-electron chi connectivity index (χ3n) is 8.67. The van der Waals surface area contributed by atoms with Gasteiger partial charge >= 0.3 is 6.18 Å². The molecule has 8 nitrogen and oxygen atoms in total. The highest BCUT2D eigenvalue weighted by molar-refractivity contribution is 5.94. The Hall–Kier alpha value is -5.44. The van der Waals surface area contributed by atoms with Crippen molar-refractivity contribution in [1.29, 1.82) is 0 Å². The Labute approximate surface area is 306 Å². The first-order valence-electron chi connectivity index (χ1n) is 16.7. The molecule has 0 radical (unpaired) electrons. The number of nitrogens with one attached hydrogen (secondary N) is 1. The number of amides is 2. The third kappa shape index (κ3) is 8.93. The van der Waals surface area contributed by atoms with Gasteiger partial charge in [-0.05, 0) is 66.3 Å². The highest BCUT2D eigenvalue weighted by Gasteiger charge is 2.55. The van der Waals surface area contributed by atoms with E-state index in [2.05, 4.69) is 27.2 Å². The van der Waals surface area contributed by atoms with Crippen molar-refractivity contribution < 1.29 is 58.6 Å². The fourth-order valence-electron chi connectivity index (χ4n) is 6.45. The van der Waals surface area contributed by atoms with Crippen molar-refractivity contribution in [3.8, 4) is 23.0 Å². The average Bonchev–Trinajstić information content (AvgIpc) is 3.60. The number of nitrogens with zero attached hydrogens (tertiary/aromatic N) is 3. The second kappa shape index (κ2) is 15.0. The van der Waals surface area contributed by atoms with Crippen LogP contribution < -0.4 is 11.1 Å². The summed E-state index contributed by atoms with van der Waals surface area (Å²) in [4.78, 5) is 29.9. The molecule has 292 valence electrons. The summed E-state index contributed by atoms with van der Waals surface area (Å²) < 4.78 is 141. The smallest absolute Gasteiger partial charge is 0.377 e. The van der Waals surface area contributed by atoms with Crippen LogP contribution in [0.1, 0.15) is 83.4 Å². The van der Waals surface area contributed by atoms with Gasteiger partial charge in [-0.2, -0.15) is 27.1 Å². The van der Waals surface area contributed by atoms with Gasteiger partial charge in [0.25, 0.3) is 17.8 Å². The number of aromatic nitrogens is 3. The lowest BCUT2D eigenvalue weighted by Gasteiger charge is -2.39. The van der Waals surface area contributed by atoms with Crippen LogP contribution in [0.3, 0.4) is 0 Å². The topological polar surface area (TPSA) is 123 Å². The minimum atomic E-state index is -5.13. The van der Waals surface area contributed by atoms with Gasteiger partial charge < -0.3 is 16.2 Å². The van der Waals surface area contributed by atoms with E-state index in [-0.39, 0.29) is 32.8 Å². The Morgan fingerprint density at radius 3 is 2.25 bits per heavy atom. The fourth-order valence-corrected chi connectivity index (χ4v) is 6.45. The molecule has 1 saturated carbocycles. The van der Waals surface area contributed by atoms with E-state index in [0.29, 0.717) is 6.07 Å². The Bertz CT molecular complexity index is 2180. The van der Waals surface area contributed by atoms with Crippen LogP contribution in [-0.4, -0.2) is 43.2 Å². The van der Waals surface area contributed by atoms with Crippen molar-refractivity contribution in [2.75, 3.05) is 0 Å². The summed E-state index contributed by atoms with van der Waals surface area (Å²) in [5, 5.41) is 16.1. The lowest BCUT2D eigenvalue weighted by atomic mass is 9.77. The maximum atomic E-state index is 14.8. The first-order valence-corrected chi connectivity index (χ1v) is 16.7. The fraction of sp³-hybridized carbons (Fsp3) is 0.351. The van der Waals surface area contributed by atoms with Gasteiger partial charge in [0.1, 0.15) is 41.0 Å². The number of aliphatic hydroxyl groups is 1. The average molecular weight is 784 g/mol. The molecule has 1 fully saturated rings. The molecule has 55 heavy (non-hydrogen) atoms. The largest absolute Gasteiger partial charge is 0.435 e. The maximum absolute atomic E-state index is 14.8. The standard InChI is InChI=1S/C35H25F10N5O3.C2H6/c36-19-9-17(10-20(37)13-19)11-26(48-27(51)14-50-30-23(6-8-34(30,41)42)29(49-50)35(43,44)45)28-22(18-1-4-25(38)24(12-18)31(46)52)3-2-21(47-28)5-7-32(53)15-33(39,40)16-32;1-2/h1-4,9-10,12-13,26,53H,6,8,11,14-16H2,(H2,46,52)(H,48,51);1-2H3/t26-;/m0./s1. The lowest BCUT2D eigenvalue weighted by molar-refractivity contribution is -0.176. The van der Waals surface area contributed by atoms with Crippen LogP contribution >= 0.6 is 0 Å². The van der Waals surface area contributed by atoms with Gasteiger partial charge in [0.15, 0.2) is 5.69 Å². The van der Waals surface area contributed by atoms with Gasteiger partial charge in [0.2, 0.25) is 5.91 Å². The van der Waals surface area contributed by atoms with Crippen molar-refractivity contribution in [3.05, 3.63) is 105 Å². The number of pyridine rings is 1. The molecular formula is C37H31F10N5O3. The molecule has 2 aliphatic carbocycles. The van der Waals surface area contributed by atoms with Crippen LogP contribution in [0.4, 0.5) is 43.9 Å². The van der Waals surface area contributed by atoms with Gasteiger partial charge in [0, 0.05) is 23.6 Å². The number of carbonyl (C=O) groups excluding carboxylic acids is 2. The molecule has 0 aliphatic heterocycles. The van der Waals surface area contributed by atoms with Gasteiger partial charge in [-0.15, -0.1) is 0 Å². The SMILES string of the molecule is CC.NC(=O)c1cc(-c2ccc(C#CC3(O)CC(F)(F)C3)nc2[C@H](Cc2cc(F)cc(F)c2)NC(=O)Cn2nc(C(F)(F)F)c3c2C(F)(F)CC3)ccc1F. The monoisotopic (exact) mass is 783 g/mol. The molecule has 4 N–H and O–H groups in total. The number of alkyl halides is 7. The Morgan fingerprint density at radius 1 is 1.00 bits per heavy atom. The first kappa shape index (κ1) is 40.7. The first-order chi connectivity index (χ1) is 25.6. The number of hydrogen-bond acceptors (Lipinski definition) is 5. The minimum Gasteiger partial charge on any atom is -0.377 e. The Balaban J connectivity index is 0.00000285. The molecule has 18 heteroatoms. The highest BCUT2D eigenvalue weighted by Crippen LogP contribution is 2.47. The summed E-state index contributed by atoms with van der Waals surface area (Å²) in [6, 6.07) is 6.43. The maximum Gasteiger partial charge on any atom is 0.435 e. The zero-order chi connectivity index (χ0) is 40.7. The lowest BCUT2D eigenvalue weighted by Crippen LogP contribution is -2.50. The van der Waals surface area contributed by atoms with Crippen LogP contribution in [0.5, 0.6) is 0 Å². The Morgan fingerprint density at radius 2 is 1.65 bits per heavy atom. The zero-order valence-electron chi connectivity index (χ0n) is 28.9. The van der Waals surface area contributed by atoms with E-state index in [9.17, 15) is 58.6 Å². The normalized spacial score (nSPS) is 16.7. The van der Waals surface area contributed by atoms with E-state index in [0.717, 1.165) is 24.3 Å². The van der Waals surface area contributed by atoms with Crippen LogP contribution in [-0.2, 0) is 36.3 Å². The van der Waals surface area contributed by atoms with Crippen molar-refractivity contribution in [3.63, 3.8) is 0 Å². The van der Waals surface area contributed by atoms with E-state index in [1.807, 2.05) is 13.8 Å². The highest BCUT2D eigenvalue weighted by atomic mass is 19.4. The molecule has 0 saturated heterocycles.